The van der Waals surface area contributed by atoms with E-state index < -0.39 is 0 Å². The zero-order chi connectivity index (χ0) is 7.11. The second-order valence-electron chi connectivity index (χ2n) is 1.75. The maximum atomic E-state index is 5.16. The van der Waals surface area contributed by atoms with E-state index in [9.17, 15) is 0 Å². The first-order chi connectivity index (χ1) is 4.31. The first kappa shape index (κ1) is 13.1. The van der Waals surface area contributed by atoms with E-state index in [2.05, 4.69) is 0 Å². The summed E-state index contributed by atoms with van der Waals surface area (Å²) in [6.45, 7) is 9.05. The van der Waals surface area contributed by atoms with Crippen LogP contribution in [0.3, 0.4) is 0 Å². The minimum Gasteiger partial charge on any atom is -0.550 e. The minimum atomic E-state index is 0. The first-order valence-electron chi connectivity index (χ1n) is 3.37. The summed E-state index contributed by atoms with van der Waals surface area (Å²) < 4.78 is 10.2. The summed E-state index contributed by atoms with van der Waals surface area (Å²) in [6, 6.07) is 0. The molecule has 0 bridgehead atoms. The van der Waals surface area contributed by atoms with Crippen molar-refractivity contribution in [3.05, 3.63) is 6.61 Å². The van der Waals surface area contributed by atoms with Crippen LogP contribution in [0.1, 0.15) is 20.8 Å². The summed E-state index contributed by atoms with van der Waals surface area (Å²) in [6.07, 6.45) is 0.120. The van der Waals surface area contributed by atoms with Gasteiger partial charge in [-0.25, -0.2) is 0 Å². The Labute approximate surface area is 75.5 Å². The van der Waals surface area contributed by atoms with E-state index in [4.69, 9.17) is 9.47 Å². The molecule has 0 saturated carbocycles. The molecule has 0 radical (unpaired) electrons. The Balaban J connectivity index is 0. The predicted octanol–water partition coefficient (Wildman–Crippen LogP) is -1.39. The van der Waals surface area contributed by atoms with E-state index in [1.54, 1.807) is 6.61 Å². The summed E-state index contributed by atoms with van der Waals surface area (Å²) in [7, 11) is 0. The van der Waals surface area contributed by atoms with Gasteiger partial charge in [-0.05, 0) is 20.0 Å². The molecule has 0 aliphatic carbocycles. The van der Waals surface area contributed by atoms with Crippen LogP contribution in [0.25, 0.3) is 0 Å². The fourth-order valence-corrected chi connectivity index (χ4v) is 0.534. The van der Waals surface area contributed by atoms with Crippen molar-refractivity contribution in [1.29, 1.82) is 0 Å². The molecule has 0 spiro atoms. The molecular weight excluding hydrogens is 123 g/mol. The molecule has 0 rings (SSSR count). The van der Waals surface area contributed by atoms with Gasteiger partial charge in [-0.1, -0.05) is 6.92 Å². The maximum absolute atomic E-state index is 5.16. The molecule has 10 heavy (non-hydrogen) atoms. The average Bonchev–Trinajstić information content (AvgIpc) is 1.85. The monoisotopic (exact) mass is 138 g/mol. The zero-order valence-electron chi connectivity index (χ0n) is 7.39. The Morgan fingerprint density at radius 1 is 1.30 bits per heavy atom. The number of hydrogen-bond acceptors (Lipinski definition) is 2. The Morgan fingerprint density at radius 2 is 1.90 bits per heavy atom. The quantitative estimate of drug-likeness (QED) is 0.344. The molecule has 3 heteroatoms. The van der Waals surface area contributed by atoms with E-state index in [0.29, 0.717) is 0 Å². The van der Waals surface area contributed by atoms with Crippen molar-refractivity contribution in [2.24, 2.45) is 0 Å². The first-order valence-corrected chi connectivity index (χ1v) is 3.37. The SMILES string of the molecule is CCO[CH-]C(C)OCC.[Li+]. The Hall–Kier alpha value is 0.517. The van der Waals surface area contributed by atoms with Crippen LogP contribution in [0.4, 0.5) is 0 Å². The standard InChI is InChI=1S/C7H15O2.Li/c1-4-8-6-7(3)9-5-2;/h6-7H,4-5H2,1-3H3;/q-1;+1. The van der Waals surface area contributed by atoms with Gasteiger partial charge in [-0.3, -0.25) is 0 Å². The molecule has 0 aromatic carbocycles. The summed E-state index contributed by atoms with van der Waals surface area (Å²) >= 11 is 0. The predicted molar refractivity (Wildman–Crippen MR) is 37.0 cm³/mol. The van der Waals surface area contributed by atoms with Crippen LogP contribution in [0.2, 0.25) is 0 Å². The smallest absolute Gasteiger partial charge is 0.550 e. The van der Waals surface area contributed by atoms with Crippen LogP contribution in [-0.4, -0.2) is 19.3 Å². The van der Waals surface area contributed by atoms with Crippen LogP contribution in [-0.2, 0) is 9.47 Å². The van der Waals surface area contributed by atoms with Crippen molar-refractivity contribution in [1.82, 2.24) is 0 Å². The molecule has 1 unspecified atom stereocenters. The Kier molecular flexibility index (Phi) is 12.5. The molecule has 0 heterocycles. The molecule has 0 aliphatic heterocycles. The Bertz CT molecular complexity index is 59.6. The second-order valence-corrected chi connectivity index (χ2v) is 1.75. The van der Waals surface area contributed by atoms with Gasteiger partial charge in [-0.2, -0.15) is 6.61 Å². The summed E-state index contributed by atoms with van der Waals surface area (Å²) in [5, 5.41) is 0. The molecule has 0 aromatic heterocycles. The molecule has 0 aromatic rings. The van der Waals surface area contributed by atoms with Crippen LogP contribution in [0, 0.1) is 6.61 Å². The fraction of sp³-hybridized carbons (Fsp3) is 0.857. The zero-order valence-corrected chi connectivity index (χ0v) is 7.39. The van der Waals surface area contributed by atoms with Crippen molar-refractivity contribution >= 4 is 0 Å². The molecule has 2 nitrogen and oxygen atoms in total. The molecule has 0 fully saturated rings. The van der Waals surface area contributed by atoms with Crippen molar-refractivity contribution in [3.8, 4) is 0 Å². The van der Waals surface area contributed by atoms with E-state index in [-0.39, 0.29) is 25.0 Å². The second kappa shape index (κ2) is 9.52. The largest absolute Gasteiger partial charge is 1.00 e. The molecule has 0 N–H and O–H groups in total. The van der Waals surface area contributed by atoms with Gasteiger partial charge in [0, 0.05) is 13.2 Å². The van der Waals surface area contributed by atoms with Gasteiger partial charge in [0.05, 0.1) is 0 Å². The van der Waals surface area contributed by atoms with Gasteiger partial charge in [0.15, 0.2) is 0 Å². The summed E-state index contributed by atoms with van der Waals surface area (Å²) in [5.41, 5.74) is 0. The molecule has 1 atom stereocenters. The van der Waals surface area contributed by atoms with Crippen molar-refractivity contribution < 1.29 is 28.3 Å². The average molecular weight is 138 g/mol. The molecule has 0 amide bonds. The van der Waals surface area contributed by atoms with Crippen LogP contribution in [0.15, 0.2) is 0 Å². The third kappa shape index (κ3) is 8.52. The summed E-state index contributed by atoms with van der Waals surface area (Å²) in [5.74, 6) is 0. The number of ether oxygens (including phenoxy) is 2. The van der Waals surface area contributed by atoms with Crippen molar-refractivity contribution in [3.63, 3.8) is 0 Å². The molecule has 0 aliphatic rings. The van der Waals surface area contributed by atoms with E-state index in [1.165, 1.54) is 0 Å². The number of hydrogen-bond donors (Lipinski definition) is 0. The topological polar surface area (TPSA) is 18.5 Å². The van der Waals surface area contributed by atoms with Gasteiger partial charge >= 0.3 is 18.9 Å². The van der Waals surface area contributed by atoms with Crippen LogP contribution in [0.5, 0.6) is 0 Å². The van der Waals surface area contributed by atoms with E-state index >= 15 is 0 Å². The van der Waals surface area contributed by atoms with Gasteiger partial charge in [0.1, 0.15) is 0 Å². The van der Waals surface area contributed by atoms with Gasteiger partial charge in [0.2, 0.25) is 0 Å². The molecule has 0 saturated heterocycles. The normalized spacial score (nSPS) is 12.3. The van der Waals surface area contributed by atoms with E-state index in [0.717, 1.165) is 13.2 Å². The third-order valence-electron chi connectivity index (χ3n) is 0.884. The Morgan fingerprint density at radius 3 is 2.30 bits per heavy atom. The van der Waals surface area contributed by atoms with Crippen molar-refractivity contribution in [2.75, 3.05) is 13.2 Å². The van der Waals surface area contributed by atoms with Gasteiger partial charge < -0.3 is 9.47 Å². The molecular formula is C7H15LiO2. The van der Waals surface area contributed by atoms with Crippen molar-refractivity contribution in [2.45, 2.75) is 26.9 Å². The van der Waals surface area contributed by atoms with Gasteiger partial charge in [-0.15, -0.1) is 0 Å². The van der Waals surface area contributed by atoms with E-state index in [1.807, 2.05) is 20.8 Å². The minimum absolute atomic E-state index is 0. The number of rotatable bonds is 5. The fourth-order valence-electron chi connectivity index (χ4n) is 0.534. The maximum Gasteiger partial charge on any atom is 1.00 e. The van der Waals surface area contributed by atoms with Crippen LogP contribution >= 0.6 is 0 Å². The third-order valence-corrected chi connectivity index (χ3v) is 0.884. The molecule has 56 valence electrons. The summed E-state index contributed by atoms with van der Waals surface area (Å²) in [4.78, 5) is 0. The van der Waals surface area contributed by atoms with Crippen LogP contribution < -0.4 is 18.9 Å². The van der Waals surface area contributed by atoms with Gasteiger partial charge in [0.25, 0.3) is 0 Å².